The molecule has 0 aromatic rings. The van der Waals surface area contributed by atoms with Crippen molar-refractivity contribution in [3.8, 4) is 0 Å². The first-order valence-corrected chi connectivity index (χ1v) is 5.63. The predicted molar refractivity (Wildman–Crippen MR) is 56.3 cm³/mol. The van der Waals surface area contributed by atoms with Gasteiger partial charge in [0.2, 0.25) is 5.91 Å². The van der Waals surface area contributed by atoms with Crippen molar-refractivity contribution >= 4 is 18.2 Å². The minimum absolute atomic E-state index is 0.164. The minimum atomic E-state index is -0.505. The maximum absolute atomic E-state index is 10.9. The van der Waals surface area contributed by atoms with Crippen LogP contribution < -0.4 is 5.32 Å². The van der Waals surface area contributed by atoms with Crippen molar-refractivity contribution in [2.24, 2.45) is 0 Å². The van der Waals surface area contributed by atoms with Gasteiger partial charge in [0, 0.05) is 13.3 Å². The normalized spacial score (nSPS) is 29.0. The van der Waals surface area contributed by atoms with Crippen LogP contribution in [0.1, 0.15) is 13.3 Å². The fourth-order valence-corrected chi connectivity index (χ4v) is 1.95. The molecule has 9 heteroatoms. The summed E-state index contributed by atoms with van der Waals surface area (Å²) in [6.45, 7) is 1.51. The summed E-state index contributed by atoms with van der Waals surface area (Å²) >= 11 is 0.424. The fraction of sp³-hybridized carbons (Fsp3) is 0.875. The summed E-state index contributed by atoms with van der Waals surface area (Å²) in [6.07, 6.45) is -0.521. The van der Waals surface area contributed by atoms with Gasteiger partial charge in [-0.05, 0) is 0 Å². The van der Waals surface area contributed by atoms with E-state index in [4.69, 9.17) is 19.3 Å². The highest BCUT2D eigenvalue weighted by Crippen LogP contribution is 2.22. The zero-order valence-electron chi connectivity index (χ0n) is 9.20. The highest BCUT2D eigenvalue weighted by atomic mass is 32.2. The average molecular weight is 269 g/mol. The molecule has 3 N–H and O–H groups in total. The first-order chi connectivity index (χ1) is 8.17. The van der Waals surface area contributed by atoms with Gasteiger partial charge in [-0.2, -0.15) is 0 Å². The number of ether oxygens (including phenoxy) is 1. The van der Waals surface area contributed by atoms with Crippen LogP contribution in [0, 0.1) is 0 Å². The Hall–Kier alpha value is -0.420. The molecule has 1 rings (SSSR count). The molecule has 1 aliphatic heterocycles. The minimum Gasteiger partial charge on any atom is -0.394 e. The molecule has 8 nitrogen and oxygen atoms in total. The summed E-state index contributed by atoms with van der Waals surface area (Å²) in [6, 6.07) is -0.184. The van der Waals surface area contributed by atoms with Crippen LogP contribution in [0.15, 0.2) is 0 Å². The highest BCUT2D eigenvalue weighted by Gasteiger charge is 2.33. The van der Waals surface area contributed by atoms with Crippen LogP contribution in [0.4, 0.5) is 0 Å². The third-order valence-electron chi connectivity index (χ3n) is 2.25. The number of amides is 1. The molecule has 1 fully saturated rings. The van der Waals surface area contributed by atoms with Crippen molar-refractivity contribution < 1.29 is 33.5 Å². The summed E-state index contributed by atoms with van der Waals surface area (Å²) in [5, 5.41) is 23.0. The van der Waals surface area contributed by atoms with Gasteiger partial charge in [0.1, 0.15) is 12.2 Å². The monoisotopic (exact) mass is 269 g/mol. The smallest absolute Gasteiger partial charge is 0.217 e. The number of carbonyl (C=O) groups excluding carboxylic acids is 1. The number of hydrogen-bond acceptors (Lipinski definition) is 8. The summed E-state index contributed by atoms with van der Waals surface area (Å²) in [5.74, 6) is -0.164. The van der Waals surface area contributed by atoms with Crippen molar-refractivity contribution in [1.29, 1.82) is 0 Å². The molecule has 0 spiro atoms. The molecule has 0 saturated carbocycles. The Labute approximate surface area is 102 Å². The van der Waals surface area contributed by atoms with Crippen LogP contribution >= 0.6 is 12.3 Å². The lowest BCUT2D eigenvalue weighted by molar-refractivity contribution is -0.434. The Bertz CT molecular complexity index is 242. The van der Waals surface area contributed by atoms with Crippen LogP contribution in [0.5, 0.6) is 0 Å². The van der Waals surface area contributed by atoms with E-state index in [2.05, 4.69) is 14.7 Å². The lowest BCUT2D eigenvalue weighted by Crippen LogP contribution is -2.50. The molecule has 2 unspecified atom stereocenters. The second-order valence-corrected chi connectivity index (χ2v) is 4.00. The number of rotatable bonds is 6. The van der Waals surface area contributed by atoms with Crippen LogP contribution in [0.3, 0.4) is 0 Å². The molecule has 0 bridgehead atoms. The third-order valence-corrected chi connectivity index (χ3v) is 2.69. The molecule has 0 aliphatic carbocycles. The summed E-state index contributed by atoms with van der Waals surface area (Å²) < 4.78 is 14.5. The fourth-order valence-electron chi connectivity index (χ4n) is 1.59. The Morgan fingerprint density at radius 2 is 2.41 bits per heavy atom. The highest BCUT2D eigenvalue weighted by molar-refractivity contribution is 7.89. The lowest BCUT2D eigenvalue weighted by atomic mass is 10.0. The topological polar surface area (TPSA) is 106 Å². The maximum Gasteiger partial charge on any atom is 0.217 e. The molecule has 0 radical (unpaired) electrons. The van der Waals surface area contributed by atoms with E-state index in [-0.39, 0.29) is 18.6 Å². The summed E-state index contributed by atoms with van der Waals surface area (Å²) in [7, 11) is 0. The van der Waals surface area contributed by atoms with E-state index in [1.54, 1.807) is 0 Å². The first kappa shape index (κ1) is 14.6. The molecular weight excluding hydrogens is 254 g/mol. The van der Waals surface area contributed by atoms with E-state index in [0.717, 1.165) is 0 Å². The van der Waals surface area contributed by atoms with Crippen molar-refractivity contribution in [3.05, 3.63) is 0 Å². The van der Waals surface area contributed by atoms with E-state index in [1.165, 1.54) is 6.92 Å². The molecule has 0 aromatic heterocycles. The van der Waals surface area contributed by atoms with Gasteiger partial charge in [-0.3, -0.25) is 8.98 Å². The first-order valence-electron chi connectivity index (χ1n) is 4.97. The number of carbonyl (C=O) groups is 1. The quantitative estimate of drug-likeness (QED) is 0.260. The summed E-state index contributed by atoms with van der Waals surface area (Å²) in [4.78, 5) is 10.9. The molecular formula is C8H15NO7S. The largest absolute Gasteiger partial charge is 0.394 e. The van der Waals surface area contributed by atoms with Gasteiger partial charge in [0.25, 0.3) is 0 Å². The molecule has 17 heavy (non-hydrogen) atoms. The standard InChI is InChI=1S/C8H15NO7S/c1-5(11)9-6-2-7(14-17-16-15-12)8(3-10)13-4-6/h6-8,10,12H,2-4H2,1H3,(H,9,11)/t6?,7-,8?/m0/s1. The number of nitrogens with one attached hydrogen (secondary N) is 1. The van der Waals surface area contributed by atoms with E-state index in [9.17, 15) is 4.79 Å². The van der Waals surface area contributed by atoms with E-state index in [1.807, 2.05) is 0 Å². The molecule has 100 valence electrons. The van der Waals surface area contributed by atoms with Crippen molar-refractivity contribution in [1.82, 2.24) is 5.32 Å². The van der Waals surface area contributed by atoms with Gasteiger partial charge in [-0.25, -0.2) is 5.26 Å². The number of aliphatic hydroxyl groups is 1. The second kappa shape index (κ2) is 7.82. The molecule has 3 atom stereocenters. The molecule has 1 amide bonds. The van der Waals surface area contributed by atoms with Gasteiger partial charge in [0.05, 0.1) is 19.3 Å². The van der Waals surface area contributed by atoms with Crippen LogP contribution in [0.2, 0.25) is 0 Å². The molecule has 1 heterocycles. The Kier molecular flexibility index (Phi) is 6.73. The third kappa shape index (κ3) is 5.17. The Balaban J connectivity index is 2.40. The van der Waals surface area contributed by atoms with Gasteiger partial charge in [-0.1, -0.05) is 5.04 Å². The zero-order chi connectivity index (χ0) is 12.7. The summed E-state index contributed by atoms with van der Waals surface area (Å²) in [5.41, 5.74) is 0. The van der Waals surface area contributed by atoms with Gasteiger partial charge in [-0.15, -0.1) is 4.33 Å². The van der Waals surface area contributed by atoms with E-state index < -0.39 is 12.2 Å². The maximum atomic E-state index is 10.9. The molecule has 0 aromatic carbocycles. The number of aliphatic hydroxyl groups excluding tert-OH is 1. The molecule has 1 saturated heterocycles. The molecule has 1 aliphatic rings. The predicted octanol–water partition coefficient (Wildman–Crippen LogP) is -0.358. The van der Waals surface area contributed by atoms with Gasteiger partial charge < -0.3 is 15.2 Å². The number of hydrogen-bond donors (Lipinski definition) is 3. The average Bonchev–Trinajstić information content (AvgIpc) is 2.29. The zero-order valence-corrected chi connectivity index (χ0v) is 10.0. The van der Waals surface area contributed by atoms with Crippen molar-refractivity contribution in [3.63, 3.8) is 0 Å². The Morgan fingerprint density at radius 3 is 3.00 bits per heavy atom. The van der Waals surface area contributed by atoms with Crippen LogP contribution in [0.25, 0.3) is 0 Å². The SMILES string of the molecule is CC(=O)NC1COC(CO)[C@@H](OSOOO)C1. The second-order valence-electron chi connectivity index (χ2n) is 3.53. The van der Waals surface area contributed by atoms with E-state index >= 15 is 0 Å². The van der Waals surface area contributed by atoms with Crippen LogP contribution in [-0.2, 0) is 23.1 Å². The van der Waals surface area contributed by atoms with Crippen molar-refractivity contribution in [2.45, 2.75) is 31.6 Å². The Morgan fingerprint density at radius 1 is 1.65 bits per heavy atom. The van der Waals surface area contributed by atoms with Crippen LogP contribution in [-0.4, -0.2) is 47.7 Å². The van der Waals surface area contributed by atoms with Gasteiger partial charge >= 0.3 is 0 Å². The van der Waals surface area contributed by atoms with Crippen molar-refractivity contribution in [2.75, 3.05) is 13.2 Å². The lowest BCUT2D eigenvalue weighted by Gasteiger charge is -2.34. The van der Waals surface area contributed by atoms with E-state index in [0.29, 0.717) is 25.4 Å². The van der Waals surface area contributed by atoms with Gasteiger partial charge in [0.15, 0.2) is 12.3 Å².